The van der Waals surface area contributed by atoms with Crippen molar-refractivity contribution in [1.29, 1.82) is 5.26 Å². The molecule has 0 saturated heterocycles. The van der Waals surface area contributed by atoms with Gasteiger partial charge in [-0.3, -0.25) is 0 Å². The van der Waals surface area contributed by atoms with E-state index in [1.807, 2.05) is 0 Å². The molecule has 0 atom stereocenters. The van der Waals surface area contributed by atoms with Gasteiger partial charge in [-0.2, -0.15) is 5.26 Å². The summed E-state index contributed by atoms with van der Waals surface area (Å²) in [6, 6.07) is 2.21. The highest BCUT2D eigenvalue weighted by atomic mass is 32.2. The van der Waals surface area contributed by atoms with E-state index >= 15 is 0 Å². The maximum atomic E-state index is 8.98. The first kappa shape index (κ1) is 11.1. The lowest BCUT2D eigenvalue weighted by atomic mass is 9.94. The van der Waals surface area contributed by atoms with E-state index in [9.17, 15) is 0 Å². The fourth-order valence-electron chi connectivity index (χ4n) is 1.79. The molecular formula is C10H10N2S3. The van der Waals surface area contributed by atoms with E-state index < -0.39 is 0 Å². The summed E-state index contributed by atoms with van der Waals surface area (Å²) in [5, 5.41) is 8.98. The summed E-state index contributed by atoms with van der Waals surface area (Å²) in [5.74, 6) is 0. The first-order valence-electron chi connectivity index (χ1n) is 4.55. The van der Waals surface area contributed by atoms with Crippen molar-refractivity contribution < 1.29 is 0 Å². The van der Waals surface area contributed by atoms with Crippen molar-refractivity contribution in [3.8, 4) is 6.07 Å². The van der Waals surface area contributed by atoms with Gasteiger partial charge >= 0.3 is 0 Å². The molecule has 0 spiro atoms. The van der Waals surface area contributed by atoms with Gasteiger partial charge in [-0.1, -0.05) is 0 Å². The van der Waals surface area contributed by atoms with Gasteiger partial charge in [-0.05, 0) is 24.0 Å². The van der Waals surface area contributed by atoms with Crippen molar-refractivity contribution in [3.63, 3.8) is 0 Å². The normalized spacial score (nSPS) is 15.1. The Balaban J connectivity index is 2.64. The van der Waals surface area contributed by atoms with E-state index in [0.29, 0.717) is 6.54 Å². The zero-order chi connectivity index (χ0) is 11.0. The molecular weight excluding hydrogens is 244 g/mol. The monoisotopic (exact) mass is 254 g/mol. The highest BCUT2D eigenvalue weighted by molar-refractivity contribution is 7.90. The summed E-state index contributed by atoms with van der Waals surface area (Å²) in [6.45, 7) is 0.531. The lowest BCUT2D eigenvalue weighted by Crippen LogP contribution is -2.10. The Bertz CT molecular complexity index is 480. The van der Waals surface area contributed by atoms with E-state index in [-0.39, 0.29) is 0 Å². The van der Waals surface area contributed by atoms with Crippen LogP contribution in [0.4, 0.5) is 0 Å². The minimum absolute atomic E-state index is 0.531. The van der Waals surface area contributed by atoms with Crippen molar-refractivity contribution in [2.24, 2.45) is 5.73 Å². The summed E-state index contributed by atoms with van der Waals surface area (Å²) in [7, 11) is 0. The molecule has 0 bridgehead atoms. The van der Waals surface area contributed by atoms with Crippen LogP contribution in [0.1, 0.15) is 22.4 Å². The van der Waals surface area contributed by atoms with Gasteiger partial charge in [0.2, 0.25) is 0 Å². The van der Waals surface area contributed by atoms with Crippen molar-refractivity contribution in [3.05, 3.63) is 21.6 Å². The molecule has 2 nitrogen and oxygen atoms in total. The Labute approximate surface area is 104 Å². The molecule has 0 fully saturated rings. The molecule has 0 saturated carbocycles. The number of thiol groups is 2. The molecule has 0 aromatic carbocycles. The molecule has 1 aromatic heterocycles. The summed E-state index contributed by atoms with van der Waals surface area (Å²) < 4.78 is 0.872. The molecule has 0 amide bonds. The predicted molar refractivity (Wildman–Crippen MR) is 69.6 cm³/mol. The molecule has 1 aliphatic carbocycles. The standard InChI is InChI=1S/C10H10N2S3/c11-3-5-1-2-6-7(4-12)15-10(14)8(6)9(5)13/h13-14H,1-3,11H2. The summed E-state index contributed by atoms with van der Waals surface area (Å²) in [5.41, 5.74) is 8.92. The van der Waals surface area contributed by atoms with Crippen LogP contribution >= 0.6 is 36.6 Å². The Morgan fingerprint density at radius 3 is 2.73 bits per heavy atom. The molecule has 1 heterocycles. The van der Waals surface area contributed by atoms with Gasteiger partial charge in [0.15, 0.2) is 0 Å². The fourth-order valence-corrected chi connectivity index (χ4v) is 3.82. The topological polar surface area (TPSA) is 49.8 Å². The number of nitrogens with two attached hydrogens (primary N) is 1. The van der Waals surface area contributed by atoms with Crippen LogP contribution in [0.3, 0.4) is 0 Å². The number of rotatable bonds is 1. The number of hydrogen-bond acceptors (Lipinski definition) is 5. The molecule has 0 aliphatic heterocycles. The van der Waals surface area contributed by atoms with Crippen LogP contribution in [-0.4, -0.2) is 6.54 Å². The molecule has 78 valence electrons. The lowest BCUT2D eigenvalue weighted by Gasteiger charge is -2.17. The minimum Gasteiger partial charge on any atom is -0.327 e. The third kappa shape index (κ3) is 1.72. The minimum atomic E-state index is 0.531. The van der Waals surface area contributed by atoms with Crippen molar-refractivity contribution in [1.82, 2.24) is 0 Å². The SMILES string of the molecule is N#Cc1sc(S)c2c1CCC(CN)=C2S. The van der Waals surface area contributed by atoms with Crippen LogP contribution in [-0.2, 0) is 6.42 Å². The molecule has 2 rings (SSSR count). The summed E-state index contributed by atoms with van der Waals surface area (Å²) >= 11 is 10.3. The van der Waals surface area contributed by atoms with Gasteiger partial charge in [0.1, 0.15) is 10.9 Å². The quantitative estimate of drug-likeness (QED) is 0.674. The lowest BCUT2D eigenvalue weighted by molar-refractivity contribution is 0.890. The number of nitriles is 1. The van der Waals surface area contributed by atoms with Crippen molar-refractivity contribution >= 4 is 41.5 Å². The Morgan fingerprint density at radius 2 is 2.13 bits per heavy atom. The van der Waals surface area contributed by atoms with Crippen molar-refractivity contribution in [2.45, 2.75) is 17.1 Å². The maximum Gasteiger partial charge on any atom is 0.110 e. The van der Waals surface area contributed by atoms with Crippen LogP contribution in [0.5, 0.6) is 0 Å². The average molecular weight is 254 g/mol. The molecule has 0 unspecified atom stereocenters. The predicted octanol–water partition coefficient (Wildman–Crippen LogP) is 2.45. The maximum absolute atomic E-state index is 8.98. The molecule has 2 N–H and O–H groups in total. The highest BCUT2D eigenvalue weighted by Crippen LogP contribution is 2.43. The summed E-state index contributed by atoms with van der Waals surface area (Å²) in [4.78, 5) is 1.68. The van der Waals surface area contributed by atoms with Crippen LogP contribution in [0.15, 0.2) is 9.78 Å². The third-order valence-corrected chi connectivity index (χ3v) is 4.56. The second-order valence-corrected chi connectivity index (χ2v) is 5.58. The van der Waals surface area contributed by atoms with Crippen LogP contribution in [0.25, 0.3) is 4.91 Å². The first-order valence-corrected chi connectivity index (χ1v) is 6.26. The molecule has 0 radical (unpaired) electrons. The van der Waals surface area contributed by atoms with E-state index in [1.54, 1.807) is 0 Å². The number of fused-ring (bicyclic) bond motifs is 1. The summed E-state index contributed by atoms with van der Waals surface area (Å²) in [6.07, 6.45) is 1.78. The number of thiophene rings is 1. The largest absolute Gasteiger partial charge is 0.327 e. The second kappa shape index (κ2) is 4.22. The van der Waals surface area contributed by atoms with Gasteiger partial charge in [0.25, 0.3) is 0 Å². The highest BCUT2D eigenvalue weighted by Gasteiger charge is 2.23. The van der Waals surface area contributed by atoms with E-state index in [2.05, 4.69) is 31.3 Å². The van der Waals surface area contributed by atoms with Crippen LogP contribution in [0.2, 0.25) is 0 Å². The first-order chi connectivity index (χ1) is 7.19. The molecule has 15 heavy (non-hydrogen) atoms. The van der Waals surface area contributed by atoms with Crippen LogP contribution in [0, 0.1) is 11.3 Å². The van der Waals surface area contributed by atoms with Crippen molar-refractivity contribution in [2.75, 3.05) is 6.54 Å². The van der Waals surface area contributed by atoms with E-state index in [4.69, 9.17) is 11.0 Å². The van der Waals surface area contributed by atoms with Gasteiger partial charge in [-0.15, -0.1) is 36.6 Å². The molecule has 1 aliphatic rings. The number of hydrogen-bond donors (Lipinski definition) is 3. The molecule has 5 heteroatoms. The Hall–Kier alpha value is -0.410. The zero-order valence-corrected chi connectivity index (χ0v) is 10.6. The van der Waals surface area contributed by atoms with E-state index in [1.165, 1.54) is 11.3 Å². The van der Waals surface area contributed by atoms with Gasteiger partial charge in [0, 0.05) is 17.0 Å². The Morgan fingerprint density at radius 1 is 1.40 bits per heavy atom. The van der Waals surface area contributed by atoms with Crippen LogP contribution < -0.4 is 5.73 Å². The van der Waals surface area contributed by atoms with E-state index in [0.717, 1.165) is 43.5 Å². The number of nitrogens with zero attached hydrogens (tertiary/aromatic N) is 1. The average Bonchev–Trinajstić information content (AvgIpc) is 2.56. The van der Waals surface area contributed by atoms with Gasteiger partial charge < -0.3 is 5.73 Å². The van der Waals surface area contributed by atoms with Gasteiger partial charge in [-0.25, -0.2) is 0 Å². The smallest absolute Gasteiger partial charge is 0.110 e. The second-order valence-electron chi connectivity index (χ2n) is 3.36. The van der Waals surface area contributed by atoms with Gasteiger partial charge in [0.05, 0.1) is 4.21 Å². The fraction of sp³-hybridized carbons (Fsp3) is 0.300. The third-order valence-electron chi connectivity index (χ3n) is 2.58. The Kier molecular flexibility index (Phi) is 3.12. The molecule has 1 aromatic rings. The zero-order valence-electron chi connectivity index (χ0n) is 7.95.